The molecule has 0 saturated heterocycles. The van der Waals surface area contributed by atoms with Crippen molar-refractivity contribution >= 4 is 72.5 Å². The van der Waals surface area contributed by atoms with Gasteiger partial charge in [-0.3, -0.25) is 14.5 Å². The van der Waals surface area contributed by atoms with E-state index in [4.69, 9.17) is 22.1 Å². The van der Waals surface area contributed by atoms with E-state index in [9.17, 15) is 14.4 Å². The molecule has 10 heteroatoms. The van der Waals surface area contributed by atoms with Crippen LogP contribution in [0.15, 0.2) is 68.0 Å². The standard InChI is InChI=1S/C25H20Br2ClN3O4/c1-2-35-23(33)21-22(29)31(17-9-7-13(27)11-15(17)28)18-4-3-5-19(32)20(18)25(21)14-10-12(26)6-8-16(14)30-24(25)34/h6-11H,2-5,29H2,1H3,(H,30,34). The molecule has 7 nitrogen and oxygen atoms in total. The van der Waals surface area contributed by atoms with Crippen molar-refractivity contribution in [3.8, 4) is 0 Å². The highest BCUT2D eigenvalue weighted by Gasteiger charge is 2.62. The highest BCUT2D eigenvalue weighted by molar-refractivity contribution is 9.10. The van der Waals surface area contributed by atoms with Crippen LogP contribution in [0.2, 0.25) is 5.02 Å². The molecule has 5 rings (SSSR count). The van der Waals surface area contributed by atoms with Crippen LogP contribution in [0.3, 0.4) is 0 Å². The fourth-order valence-electron chi connectivity index (χ4n) is 5.22. The molecule has 0 aromatic heterocycles. The van der Waals surface area contributed by atoms with E-state index in [-0.39, 0.29) is 35.8 Å². The average Bonchev–Trinajstić information content (AvgIpc) is 3.07. The number of nitrogens with zero attached hydrogens (tertiary/aromatic N) is 1. The molecule has 0 bridgehead atoms. The van der Waals surface area contributed by atoms with Crippen LogP contribution < -0.4 is 16.0 Å². The third-order valence-electron chi connectivity index (χ3n) is 6.51. The first-order chi connectivity index (χ1) is 16.7. The first-order valence-electron chi connectivity index (χ1n) is 11.0. The van der Waals surface area contributed by atoms with Crippen LogP contribution in [0.1, 0.15) is 31.7 Å². The number of hydrogen-bond acceptors (Lipinski definition) is 6. The number of allylic oxidation sites excluding steroid dienone is 1. The lowest BCUT2D eigenvalue weighted by molar-refractivity contribution is -0.140. The van der Waals surface area contributed by atoms with Crippen molar-refractivity contribution in [2.75, 3.05) is 16.8 Å². The minimum absolute atomic E-state index is 0.00379. The van der Waals surface area contributed by atoms with Gasteiger partial charge < -0.3 is 15.8 Å². The molecular weight excluding hydrogens is 602 g/mol. The van der Waals surface area contributed by atoms with Crippen LogP contribution in [0.25, 0.3) is 0 Å². The predicted molar refractivity (Wildman–Crippen MR) is 140 cm³/mol. The van der Waals surface area contributed by atoms with Gasteiger partial charge in [-0.15, -0.1) is 0 Å². The van der Waals surface area contributed by atoms with Gasteiger partial charge in [0.05, 0.1) is 17.3 Å². The molecule has 35 heavy (non-hydrogen) atoms. The Kier molecular flexibility index (Phi) is 6.05. The number of nitrogens with one attached hydrogen (secondary N) is 1. The number of Topliss-reactive ketones (excluding diaryl/α,β-unsaturated/α-hetero) is 1. The third-order valence-corrected chi connectivity index (χ3v) is 7.80. The molecular formula is C25H20Br2ClN3O4. The highest BCUT2D eigenvalue weighted by Crippen LogP contribution is 2.56. The zero-order valence-electron chi connectivity index (χ0n) is 18.6. The fourth-order valence-corrected chi connectivity index (χ4v) is 6.34. The van der Waals surface area contributed by atoms with Crippen LogP contribution in [0.5, 0.6) is 0 Å². The summed E-state index contributed by atoms with van der Waals surface area (Å²) < 4.78 is 6.86. The van der Waals surface area contributed by atoms with E-state index in [2.05, 4.69) is 37.2 Å². The van der Waals surface area contributed by atoms with E-state index in [0.29, 0.717) is 45.0 Å². The van der Waals surface area contributed by atoms with E-state index in [1.807, 2.05) is 0 Å². The van der Waals surface area contributed by atoms with Crippen molar-refractivity contribution in [2.24, 2.45) is 5.73 Å². The molecule has 2 aliphatic heterocycles. The Morgan fingerprint density at radius 2 is 1.89 bits per heavy atom. The molecule has 180 valence electrons. The molecule has 0 fully saturated rings. The van der Waals surface area contributed by atoms with Crippen molar-refractivity contribution in [1.82, 2.24) is 0 Å². The summed E-state index contributed by atoms with van der Waals surface area (Å²) in [6, 6.07) is 10.5. The number of amides is 1. The summed E-state index contributed by atoms with van der Waals surface area (Å²) in [7, 11) is 0. The molecule has 1 spiro atoms. The summed E-state index contributed by atoms with van der Waals surface area (Å²) in [6.07, 6.45) is 1.30. The third kappa shape index (κ3) is 3.47. The number of esters is 1. The summed E-state index contributed by atoms with van der Waals surface area (Å²) in [5.41, 5.74) is 7.19. The van der Waals surface area contributed by atoms with Gasteiger partial charge in [-0.1, -0.05) is 43.5 Å². The van der Waals surface area contributed by atoms with Gasteiger partial charge in [0.1, 0.15) is 16.8 Å². The first-order valence-corrected chi connectivity index (χ1v) is 13.0. The number of ketones is 1. The molecule has 2 heterocycles. The number of hydrogen-bond donors (Lipinski definition) is 2. The van der Waals surface area contributed by atoms with Gasteiger partial charge in [-0.05, 0) is 56.2 Å². The zero-order chi connectivity index (χ0) is 25.1. The van der Waals surface area contributed by atoms with Crippen LogP contribution in [0.4, 0.5) is 11.4 Å². The Bertz CT molecular complexity index is 1390. The van der Waals surface area contributed by atoms with E-state index in [1.54, 1.807) is 48.2 Å². The first kappa shape index (κ1) is 24.1. The Morgan fingerprint density at radius 1 is 1.17 bits per heavy atom. The molecule has 1 unspecified atom stereocenters. The number of carbonyl (C=O) groups is 3. The van der Waals surface area contributed by atoms with E-state index < -0.39 is 17.3 Å². The smallest absolute Gasteiger partial charge is 0.339 e. The van der Waals surface area contributed by atoms with Gasteiger partial charge in [0.2, 0.25) is 5.91 Å². The van der Waals surface area contributed by atoms with Gasteiger partial charge in [0, 0.05) is 37.9 Å². The SMILES string of the molecule is CCOC(=O)C1=C(N)N(c2ccc(Br)cc2Cl)C2=C(C(=O)CCC2)C12C(=O)Nc1ccc(Br)cc12. The maximum absolute atomic E-state index is 13.9. The Labute approximate surface area is 223 Å². The molecule has 1 aliphatic carbocycles. The number of ether oxygens (including phenoxy) is 1. The molecule has 2 aromatic rings. The highest BCUT2D eigenvalue weighted by atomic mass is 79.9. The van der Waals surface area contributed by atoms with Gasteiger partial charge >= 0.3 is 5.97 Å². The van der Waals surface area contributed by atoms with Gasteiger partial charge in [0.25, 0.3) is 0 Å². The molecule has 1 amide bonds. The van der Waals surface area contributed by atoms with Crippen molar-refractivity contribution in [3.05, 3.63) is 78.6 Å². The molecule has 3 N–H and O–H groups in total. The number of anilines is 2. The number of halogens is 3. The van der Waals surface area contributed by atoms with Crippen LogP contribution in [0, 0.1) is 0 Å². The van der Waals surface area contributed by atoms with Crippen molar-refractivity contribution in [3.63, 3.8) is 0 Å². The molecule has 0 radical (unpaired) electrons. The quantitative estimate of drug-likeness (QED) is 0.451. The molecule has 1 atom stereocenters. The zero-order valence-corrected chi connectivity index (χ0v) is 22.5. The van der Waals surface area contributed by atoms with E-state index in [0.717, 1.165) is 4.47 Å². The molecule has 0 saturated carbocycles. The second-order valence-electron chi connectivity index (χ2n) is 8.40. The second kappa shape index (κ2) is 8.80. The topological polar surface area (TPSA) is 102 Å². The summed E-state index contributed by atoms with van der Waals surface area (Å²) in [5.74, 6) is -1.50. The Balaban J connectivity index is 1.92. The molecule has 2 aromatic carbocycles. The number of rotatable bonds is 3. The van der Waals surface area contributed by atoms with Crippen molar-refractivity contribution < 1.29 is 19.1 Å². The fraction of sp³-hybridized carbons (Fsp3) is 0.240. The van der Waals surface area contributed by atoms with Crippen LogP contribution in [-0.2, 0) is 24.5 Å². The van der Waals surface area contributed by atoms with Crippen molar-refractivity contribution in [1.29, 1.82) is 0 Å². The van der Waals surface area contributed by atoms with E-state index in [1.165, 1.54) is 0 Å². The number of nitrogens with two attached hydrogens (primary N) is 1. The van der Waals surface area contributed by atoms with Crippen molar-refractivity contribution in [2.45, 2.75) is 31.6 Å². The lowest BCUT2D eigenvalue weighted by atomic mass is 9.63. The Morgan fingerprint density at radius 3 is 2.60 bits per heavy atom. The summed E-state index contributed by atoms with van der Waals surface area (Å²) in [6.45, 7) is 1.74. The maximum Gasteiger partial charge on any atom is 0.339 e. The maximum atomic E-state index is 13.9. The monoisotopic (exact) mass is 619 g/mol. The normalized spacial score (nSPS) is 21.3. The summed E-state index contributed by atoms with van der Waals surface area (Å²) in [4.78, 5) is 42.7. The second-order valence-corrected chi connectivity index (χ2v) is 10.6. The largest absolute Gasteiger partial charge is 0.462 e. The lowest BCUT2D eigenvalue weighted by Crippen LogP contribution is -2.53. The predicted octanol–water partition coefficient (Wildman–Crippen LogP) is 5.32. The summed E-state index contributed by atoms with van der Waals surface area (Å²) >= 11 is 13.5. The van der Waals surface area contributed by atoms with E-state index >= 15 is 0 Å². The minimum Gasteiger partial charge on any atom is -0.462 e. The van der Waals surface area contributed by atoms with Gasteiger partial charge in [-0.25, -0.2) is 4.79 Å². The van der Waals surface area contributed by atoms with Gasteiger partial charge in [0.15, 0.2) is 5.78 Å². The van der Waals surface area contributed by atoms with Crippen LogP contribution in [-0.4, -0.2) is 24.3 Å². The minimum atomic E-state index is -1.74. The van der Waals surface area contributed by atoms with Gasteiger partial charge in [-0.2, -0.15) is 0 Å². The number of carbonyl (C=O) groups excluding carboxylic acids is 3. The molecule has 3 aliphatic rings. The average molecular weight is 622 g/mol. The number of benzene rings is 2. The Hall–Kier alpha value is -2.62. The lowest BCUT2D eigenvalue weighted by Gasteiger charge is -2.44. The number of fused-ring (bicyclic) bond motifs is 3. The van der Waals surface area contributed by atoms with Crippen LogP contribution >= 0.6 is 43.5 Å². The summed E-state index contributed by atoms with van der Waals surface area (Å²) in [5, 5.41) is 3.23.